The SMILES string of the molecule is CCNCc1cc(OC2CCNCC2)nc(C(F)(F)F)c1. The molecule has 21 heavy (non-hydrogen) atoms. The van der Waals surface area contributed by atoms with Gasteiger partial charge in [-0.15, -0.1) is 0 Å². The molecule has 1 aromatic heterocycles. The van der Waals surface area contributed by atoms with Crippen LogP contribution in [0.3, 0.4) is 0 Å². The second-order valence-electron chi connectivity index (χ2n) is 5.04. The minimum Gasteiger partial charge on any atom is -0.474 e. The number of hydrogen-bond acceptors (Lipinski definition) is 4. The summed E-state index contributed by atoms with van der Waals surface area (Å²) >= 11 is 0. The molecule has 7 heteroatoms. The normalized spacial score (nSPS) is 17.0. The lowest BCUT2D eigenvalue weighted by atomic mass is 10.1. The predicted octanol–water partition coefficient (Wildman–Crippen LogP) is 2.34. The van der Waals surface area contributed by atoms with Crippen molar-refractivity contribution in [1.29, 1.82) is 0 Å². The van der Waals surface area contributed by atoms with E-state index in [4.69, 9.17) is 4.74 Å². The van der Waals surface area contributed by atoms with Crippen LogP contribution in [0.15, 0.2) is 12.1 Å². The molecule has 0 aromatic carbocycles. The zero-order valence-corrected chi connectivity index (χ0v) is 12.0. The first kappa shape index (κ1) is 16.0. The number of ether oxygens (including phenoxy) is 1. The van der Waals surface area contributed by atoms with Gasteiger partial charge in [0.2, 0.25) is 5.88 Å². The zero-order chi connectivity index (χ0) is 15.3. The van der Waals surface area contributed by atoms with Gasteiger partial charge in [-0.3, -0.25) is 0 Å². The summed E-state index contributed by atoms with van der Waals surface area (Å²) in [5.74, 6) is 0.0598. The van der Waals surface area contributed by atoms with Gasteiger partial charge in [0, 0.05) is 12.6 Å². The molecule has 2 N–H and O–H groups in total. The van der Waals surface area contributed by atoms with Gasteiger partial charge < -0.3 is 15.4 Å². The molecule has 2 rings (SSSR count). The summed E-state index contributed by atoms with van der Waals surface area (Å²) in [6.07, 6.45) is -2.98. The average Bonchev–Trinajstić information content (AvgIpc) is 2.45. The molecule has 0 bridgehead atoms. The minimum absolute atomic E-state index is 0.0598. The van der Waals surface area contributed by atoms with E-state index in [2.05, 4.69) is 15.6 Å². The molecule has 0 amide bonds. The van der Waals surface area contributed by atoms with Crippen molar-refractivity contribution in [3.05, 3.63) is 23.4 Å². The van der Waals surface area contributed by atoms with Crippen molar-refractivity contribution in [2.75, 3.05) is 19.6 Å². The number of halogens is 3. The number of piperidine rings is 1. The Bertz CT molecular complexity index is 459. The Hall–Kier alpha value is -1.34. The van der Waals surface area contributed by atoms with Crippen molar-refractivity contribution in [2.24, 2.45) is 0 Å². The zero-order valence-electron chi connectivity index (χ0n) is 12.0. The first-order valence-corrected chi connectivity index (χ1v) is 7.15. The van der Waals surface area contributed by atoms with Crippen LogP contribution in [0.5, 0.6) is 5.88 Å². The predicted molar refractivity (Wildman–Crippen MR) is 73.1 cm³/mol. The quantitative estimate of drug-likeness (QED) is 0.876. The molecule has 118 valence electrons. The third kappa shape index (κ3) is 4.86. The Morgan fingerprint density at radius 1 is 1.33 bits per heavy atom. The van der Waals surface area contributed by atoms with E-state index in [0.29, 0.717) is 18.7 Å². The Labute approximate surface area is 122 Å². The van der Waals surface area contributed by atoms with E-state index >= 15 is 0 Å². The maximum absolute atomic E-state index is 12.9. The lowest BCUT2D eigenvalue weighted by Gasteiger charge is -2.24. The smallest absolute Gasteiger partial charge is 0.433 e. The van der Waals surface area contributed by atoms with Crippen molar-refractivity contribution in [3.63, 3.8) is 0 Å². The number of alkyl halides is 3. The summed E-state index contributed by atoms with van der Waals surface area (Å²) in [6, 6.07) is 2.65. The monoisotopic (exact) mass is 303 g/mol. The van der Waals surface area contributed by atoms with Crippen LogP contribution >= 0.6 is 0 Å². The summed E-state index contributed by atoms with van der Waals surface area (Å²) in [7, 11) is 0. The fourth-order valence-electron chi connectivity index (χ4n) is 2.22. The Balaban J connectivity index is 2.17. The van der Waals surface area contributed by atoms with Crippen molar-refractivity contribution in [1.82, 2.24) is 15.6 Å². The van der Waals surface area contributed by atoms with E-state index in [-0.39, 0.29) is 12.0 Å². The van der Waals surface area contributed by atoms with Gasteiger partial charge in [-0.05, 0) is 44.1 Å². The molecule has 0 spiro atoms. The molecular formula is C14H20F3N3O. The van der Waals surface area contributed by atoms with Crippen molar-refractivity contribution in [3.8, 4) is 5.88 Å². The number of pyridine rings is 1. The number of nitrogens with one attached hydrogen (secondary N) is 2. The summed E-state index contributed by atoms with van der Waals surface area (Å²) < 4.78 is 44.3. The second-order valence-corrected chi connectivity index (χ2v) is 5.04. The first-order chi connectivity index (χ1) is 9.99. The molecule has 0 aliphatic carbocycles. The molecule has 1 fully saturated rings. The van der Waals surface area contributed by atoms with Crippen LogP contribution < -0.4 is 15.4 Å². The molecule has 2 heterocycles. The molecular weight excluding hydrogens is 283 g/mol. The molecule has 0 unspecified atom stereocenters. The Kier molecular flexibility index (Phi) is 5.41. The van der Waals surface area contributed by atoms with Crippen LogP contribution in [-0.4, -0.2) is 30.7 Å². The highest BCUT2D eigenvalue weighted by molar-refractivity contribution is 5.27. The summed E-state index contributed by atoms with van der Waals surface area (Å²) in [4.78, 5) is 3.61. The molecule has 4 nitrogen and oxygen atoms in total. The number of hydrogen-bond donors (Lipinski definition) is 2. The fraction of sp³-hybridized carbons (Fsp3) is 0.643. The molecule has 1 saturated heterocycles. The number of aromatic nitrogens is 1. The average molecular weight is 303 g/mol. The summed E-state index contributed by atoms with van der Waals surface area (Å²) in [6.45, 7) is 4.58. The maximum atomic E-state index is 12.9. The van der Waals surface area contributed by atoms with Crippen LogP contribution in [0, 0.1) is 0 Å². The van der Waals surface area contributed by atoms with E-state index < -0.39 is 11.9 Å². The van der Waals surface area contributed by atoms with Crippen LogP contribution in [0.2, 0.25) is 0 Å². The molecule has 1 aliphatic rings. The molecule has 0 radical (unpaired) electrons. The molecule has 1 aliphatic heterocycles. The Morgan fingerprint density at radius 2 is 2.05 bits per heavy atom. The van der Waals surface area contributed by atoms with Gasteiger partial charge in [-0.2, -0.15) is 13.2 Å². The molecule has 0 saturated carbocycles. The highest BCUT2D eigenvalue weighted by Gasteiger charge is 2.33. The molecule has 0 atom stereocenters. The lowest BCUT2D eigenvalue weighted by molar-refractivity contribution is -0.141. The van der Waals surface area contributed by atoms with Crippen molar-refractivity contribution < 1.29 is 17.9 Å². The highest BCUT2D eigenvalue weighted by atomic mass is 19.4. The maximum Gasteiger partial charge on any atom is 0.433 e. The minimum atomic E-state index is -4.46. The second kappa shape index (κ2) is 7.09. The van der Waals surface area contributed by atoms with Gasteiger partial charge in [0.1, 0.15) is 11.8 Å². The van der Waals surface area contributed by atoms with Crippen LogP contribution in [0.4, 0.5) is 13.2 Å². The first-order valence-electron chi connectivity index (χ1n) is 7.15. The highest BCUT2D eigenvalue weighted by Crippen LogP contribution is 2.30. The summed E-state index contributed by atoms with van der Waals surface area (Å²) in [5.41, 5.74) is -0.370. The number of nitrogens with zero attached hydrogens (tertiary/aromatic N) is 1. The van der Waals surface area contributed by atoms with E-state index in [1.807, 2.05) is 6.92 Å². The third-order valence-corrected chi connectivity index (χ3v) is 3.30. The van der Waals surface area contributed by atoms with Crippen molar-refractivity contribution >= 4 is 0 Å². The summed E-state index contributed by atoms with van der Waals surface area (Å²) in [5, 5.41) is 6.20. The van der Waals surface area contributed by atoms with E-state index in [1.54, 1.807) is 6.07 Å². The van der Waals surface area contributed by atoms with Crippen LogP contribution in [0.25, 0.3) is 0 Å². The fourth-order valence-corrected chi connectivity index (χ4v) is 2.22. The lowest BCUT2D eigenvalue weighted by Crippen LogP contribution is -2.34. The van der Waals surface area contributed by atoms with Gasteiger partial charge in [-0.1, -0.05) is 6.92 Å². The van der Waals surface area contributed by atoms with Crippen molar-refractivity contribution in [2.45, 2.75) is 38.6 Å². The third-order valence-electron chi connectivity index (χ3n) is 3.30. The molecule has 1 aromatic rings. The van der Waals surface area contributed by atoms with E-state index in [1.165, 1.54) is 0 Å². The van der Waals surface area contributed by atoms with Gasteiger partial charge in [0.15, 0.2) is 0 Å². The van der Waals surface area contributed by atoms with E-state index in [0.717, 1.165) is 32.0 Å². The Morgan fingerprint density at radius 3 is 2.67 bits per heavy atom. The van der Waals surface area contributed by atoms with Gasteiger partial charge in [0.05, 0.1) is 0 Å². The number of rotatable bonds is 5. The topological polar surface area (TPSA) is 46.2 Å². The van der Waals surface area contributed by atoms with Gasteiger partial charge >= 0.3 is 6.18 Å². The standard InChI is InChI=1S/C14H20F3N3O/c1-2-18-9-10-7-12(14(15,16)17)20-13(8-10)21-11-3-5-19-6-4-11/h7-8,11,18-19H,2-6,9H2,1H3. The van der Waals surface area contributed by atoms with Crippen LogP contribution in [0.1, 0.15) is 31.0 Å². The van der Waals surface area contributed by atoms with Crippen LogP contribution in [-0.2, 0) is 12.7 Å². The van der Waals surface area contributed by atoms with Gasteiger partial charge in [0.25, 0.3) is 0 Å². The largest absolute Gasteiger partial charge is 0.474 e. The van der Waals surface area contributed by atoms with E-state index in [9.17, 15) is 13.2 Å². The van der Waals surface area contributed by atoms with Gasteiger partial charge in [-0.25, -0.2) is 4.98 Å².